The maximum absolute atomic E-state index is 15.1. The van der Waals surface area contributed by atoms with Crippen LogP contribution < -0.4 is 25.8 Å². The zero-order valence-electron chi connectivity index (χ0n) is 27.1. The Hall–Kier alpha value is -4.10. The third-order valence-electron chi connectivity index (χ3n) is 10.1. The third-order valence-corrected chi connectivity index (χ3v) is 10.1. The monoisotopic (exact) mass is 663 g/mol. The number of fused-ring (bicyclic) bond motifs is 1. The van der Waals surface area contributed by atoms with Gasteiger partial charge < -0.3 is 24.8 Å². The van der Waals surface area contributed by atoms with Gasteiger partial charge in [0.25, 0.3) is 5.56 Å². The summed E-state index contributed by atoms with van der Waals surface area (Å²) in [6.07, 6.45) is 5.66. The second-order valence-corrected chi connectivity index (χ2v) is 13.7. The summed E-state index contributed by atoms with van der Waals surface area (Å²) in [5.41, 5.74) is 0.996. The highest BCUT2D eigenvalue weighted by atomic mass is 19.1. The zero-order valence-corrected chi connectivity index (χ0v) is 27.1. The fourth-order valence-electron chi connectivity index (χ4n) is 6.99. The Morgan fingerprint density at radius 1 is 0.854 bits per heavy atom. The number of benzene rings is 2. The number of likely N-dealkylation sites (tertiary alicyclic amines) is 1. The van der Waals surface area contributed by atoms with Gasteiger partial charge in [-0.3, -0.25) is 24.6 Å². The van der Waals surface area contributed by atoms with Gasteiger partial charge in [-0.25, -0.2) is 13.8 Å². The van der Waals surface area contributed by atoms with Gasteiger partial charge in [0.05, 0.1) is 17.8 Å². The maximum Gasteiger partial charge on any atom is 0.261 e. The van der Waals surface area contributed by atoms with E-state index >= 15 is 4.39 Å². The minimum Gasteiger partial charge on any atom is -0.493 e. The summed E-state index contributed by atoms with van der Waals surface area (Å²) in [6.45, 7) is 7.56. The first-order valence-corrected chi connectivity index (χ1v) is 17.2. The van der Waals surface area contributed by atoms with Crippen molar-refractivity contribution < 1.29 is 23.1 Å². The third kappa shape index (κ3) is 7.78. The molecule has 2 aromatic carbocycles. The first-order chi connectivity index (χ1) is 23.3. The van der Waals surface area contributed by atoms with Crippen molar-refractivity contribution in [1.29, 1.82) is 0 Å². The number of ether oxygens (including phenoxy) is 1. The number of nitrogens with one attached hydrogen (secondary N) is 3. The molecule has 1 saturated carbocycles. The van der Waals surface area contributed by atoms with Crippen LogP contribution in [0.2, 0.25) is 0 Å². The van der Waals surface area contributed by atoms with E-state index in [0.717, 1.165) is 84.5 Å². The lowest BCUT2D eigenvalue weighted by atomic mass is 9.98. The number of aromatic nitrogens is 2. The summed E-state index contributed by atoms with van der Waals surface area (Å²) in [4.78, 5) is 50.1. The molecule has 0 bridgehead atoms. The first kappa shape index (κ1) is 32.4. The zero-order chi connectivity index (χ0) is 33.2. The van der Waals surface area contributed by atoms with Crippen molar-refractivity contribution in [1.82, 2.24) is 25.1 Å². The molecule has 1 aliphatic carbocycles. The Bertz CT molecular complexity index is 1710. The van der Waals surface area contributed by atoms with Crippen molar-refractivity contribution in [2.75, 3.05) is 69.2 Å². The number of hydrogen-bond donors (Lipinski definition) is 3. The van der Waals surface area contributed by atoms with E-state index < -0.39 is 17.4 Å². The SMILES string of the molecule is O=C1CCC(Nc2ccc(N3CCN(CCN4CCC(COc5cc(F)c6c(=O)[nH]c(CC7CC7)nc6c5)CC4)CC3)c(F)c2)C(=O)N1. The van der Waals surface area contributed by atoms with Crippen LogP contribution in [0.4, 0.5) is 20.2 Å². The van der Waals surface area contributed by atoms with Gasteiger partial charge in [-0.2, -0.15) is 0 Å². The van der Waals surface area contributed by atoms with Crippen molar-refractivity contribution in [2.45, 2.75) is 51.0 Å². The molecule has 4 heterocycles. The van der Waals surface area contributed by atoms with E-state index in [-0.39, 0.29) is 29.4 Å². The number of carbonyl (C=O) groups is 2. The van der Waals surface area contributed by atoms with E-state index in [0.29, 0.717) is 53.3 Å². The Morgan fingerprint density at radius 2 is 1.60 bits per heavy atom. The summed E-state index contributed by atoms with van der Waals surface area (Å²) in [6, 6.07) is 7.39. The molecule has 13 heteroatoms. The molecule has 1 atom stereocenters. The maximum atomic E-state index is 15.1. The number of imide groups is 1. The van der Waals surface area contributed by atoms with Crippen LogP contribution in [-0.4, -0.2) is 96.6 Å². The number of carbonyl (C=O) groups excluding carboxylic acids is 2. The molecule has 3 saturated heterocycles. The Kier molecular flexibility index (Phi) is 9.58. The number of H-pyrrole nitrogens is 1. The summed E-state index contributed by atoms with van der Waals surface area (Å²) in [5.74, 6) is 0.372. The van der Waals surface area contributed by atoms with Crippen molar-refractivity contribution >= 4 is 34.1 Å². The number of piperidine rings is 2. The second-order valence-electron chi connectivity index (χ2n) is 13.7. The molecule has 3 aromatic rings. The molecule has 7 rings (SSSR count). The topological polar surface area (TPSA) is 123 Å². The standard InChI is InChI=1S/C35H43F2N7O4/c36-26-18-24(38-28-4-6-32(45)41-34(28)46)3-5-30(26)44-15-13-43(14-16-44)12-11-42-9-7-23(8-10-42)21-48-25-19-27(37)33-29(20-25)39-31(40-35(33)47)17-22-1-2-22/h3,5,18-20,22-23,28,38H,1-2,4,6-17,21H2,(H,39,40,47)(H,41,45,46). The number of piperazine rings is 1. The highest BCUT2D eigenvalue weighted by Gasteiger charge is 2.28. The lowest BCUT2D eigenvalue weighted by Gasteiger charge is -2.38. The molecule has 2 amide bonds. The average Bonchev–Trinajstić information content (AvgIpc) is 3.89. The largest absolute Gasteiger partial charge is 0.493 e. The highest BCUT2D eigenvalue weighted by molar-refractivity contribution is 6.01. The minimum absolute atomic E-state index is 0.0148. The lowest BCUT2D eigenvalue weighted by molar-refractivity contribution is -0.133. The Labute approximate surface area is 278 Å². The summed E-state index contributed by atoms with van der Waals surface area (Å²) < 4.78 is 35.9. The van der Waals surface area contributed by atoms with E-state index in [2.05, 4.69) is 35.3 Å². The van der Waals surface area contributed by atoms with E-state index in [1.54, 1.807) is 18.2 Å². The number of nitrogens with zero attached hydrogens (tertiary/aromatic N) is 4. The summed E-state index contributed by atoms with van der Waals surface area (Å²) >= 11 is 0. The van der Waals surface area contributed by atoms with Crippen LogP contribution in [-0.2, 0) is 16.0 Å². The molecule has 1 aromatic heterocycles. The van der Waals surface area contributed by atoms with Crippen LogP contribution in [0.25, 0.3) is 10.9 Å². The number of aromatic amines is 1. The highest BCUT2D eigenvalue weighted by Crippen LogP contribution is 2.32. The molecule has 4 fully saturated rings. The number of hydrogen-bond acceptors (Lipinski definition) is 9. The molecule has 3 aliphatic heterocycles. The Balaban J connectivity index is 0.824. The predicted molar refractivity (Wildman–Crippen MR) is 178 cm³/mol. The van der Waals surface area contributed by atoms with Gasteiger partial charge in [0, 0.05) is 69.9 Å². The smallest absolute Gasteiger partial charge is 0.261 e. The van der Waals surface area contributed by atoms with Gasteiger partial charge in [0.1, 0.15) is 34.6 Å². The fourth-order valence-corrected chi connectivity index (χ4v) is 6.99. The first-order valence-electron chi connectivity index (χ1n) is 17.2. The average molecular weight is 664 g/mol. The van der Waals surface area contributed by atoms with Crippen molar-refractivity contribution in [3.8, 4) is 5.75 Å². The number of amides is 2. The summed E-state index contributed by atoms with van der Waals surface area (Å²) in [7, 11) is 0. The van der Waals surface area contributed by atoms with Gasteiger partial charge in [-0.15, -0.1) is 0 Å². The molecule has 256 valence electrons. The normalized spacial score (nSPS) is 21.5. The molecule has 4 aliphatic rings. The van der Waals surface area contributed by atoms with Crippen LogP contribution in [0.1, 0.15) is 44.3 Å². The Morgan fingerprint density at radius 3 is 2.31 bits per heavy atom. The summed E-state index contributed by atoms with van der Waals surface area (Å²) in [5, 5.41) is 5.34. The molecule has 1 unspecified atom stereocenters. The fraction of sp³-hybridized carbons (Fsp3) is 0.543. The van der Waals surface area contributed by atoms with E-state index in [4.69, 9.17) is 4.74 Å². The van der Waals surface area contributed by atoms with Gasteiger partial charge in [0.2, 0.25) is 11.8 Å². The number of halogens is 2. The van der Waals surface area contributed by atoms with Gasteiger partial charge in [-0.1, -0.05) is 0 Å². The van der Waals surface area contributed by atoms with Crippen LogP contribution in [0, 0.1) is 23.5 Å². The van der Waals surface area contributed by atoms with E-state index in [9.17, 15) is 18.8 Å². The second kappa shape index (κ2) is 14.2. The molecule has 0 radical (unpaired) electrons. The molecular formula is C35H43F2N7O4. The molecule has 48 heavy (non-hydrogen) atoms. The lowest BCUT2D eigenvalue weighted by Crippen LogP contribution is -2.49. The number of anilines is 2. The molecule has 11 nitrogen and oxygen atoms in total. The van der Waals surface area contributed by atoms with Crippen molar-refractivity contribution in [2.24, 2.45) is 11.8 Å². The number of rotatable bonds is 11. The van der Waals surface area contributed by atoms with E-state index in [1.807, 2.05) is 0 Å². The quantitative estimate of drug-likeness (QED) is 0.266. The van der Waals surface area contributed by atoms with Crippen molar-refractivity contribution in [3.63, 3.8) is 0 Å². The molecular weight excluding hydrogens is 620 g/mol. The molecule has 3 N–H and O–H groups in total. The minimum atomic E-state index is -0.604. The van der Waals surface area contributed by atoms with Gasteiger partial charge >= 0.3 is 0 Å². The van der Waals surface area contributed by atoms with Crippen LogP contribution in [0.15, 0.2) is 35.1 Å². The van der Waals surface area contributed by atoms with E-state index in [1.165, 1.54) is 12.1 Å². The predicted octanol–water partition coefficient (Wildman–Crippen LogP) is 3.28. The van der Waals surface area contributed by atoms with Crippen molar-refractivity contribution in [3.05, 3.63) is 58.1 Å². The van der Waals surface area contributed by atoms with Crippen LogP contribution >= 0.6 is 0 Å². The van der Waals surface area contributed by atoms with Crippen LogP contribution in [0.5, 0.6) is 5.75 Å². The van der Waals surface area contributed by atoms with Gasteiger partial charge in [-0.05, 0) is 75.2 Å². The van der Waals surface area contributed by atoms with Gasteiger partial charge in [0.15, 0.2) is 0 Å². The van der Waals surface area contributed by atoms with Crippen LogP contribution in [0.3, 0.4) is 0 Å². The molecule has 0 spiro atoms.